The van der Waals surface area contributed by atoms with E-state index in [1.807, 2.05) is 4.90 Å². The first-order valence-electron chi connectivity index (χ1n) is 6.58. The molecule has 2 aliphatic heterocycles. The topological polar surface area (TPSA) is 122 Å². The van der Waals surface area contributed by atoms with Gasteiger partial charge in [-0.15, -0.1) is 0 Å². The number of sulfonamides is 1. The molecule has 8 nitrogen and oxygen atoms in total. The summed E-state index contributed by atoms with van der Waals surface area (Å²) in [5.74, 6) is 0. The van der Waals surface area contributed by atoms with Crippen LogP contribution in [0.15, 0.2) is 23.1 Å². The lowest BCUT2D eigenvalue weighted by Gasteiger charge is -2.38. The van der Waals surface area contributed by atoms with E-state index in [0.717, 1.165) is 5.69 Å². The number of urea groups is 1. The fourth-order valence-electron chi connectivity index (χ4n) is 2.82. The average Bonchev–Trinajstić information content (AvgIpc) is 2.79. The summed E-state index contributed by atoms with van der Waals surface area (Å²) in [6.45, 7) is 2.55. The molecule has 1 aromatic rings. The second-order valence-electron chi connectivity index (χ2n) is 5.24. The van der Waals surface area contributed by atoms with Crippen molar-refractivity contribution in [1.29, 1.82) is 0 Å². The van der Waals surface area contributed by atoms with Crippen LogP contribution >= 0.6 is 0 Å². The Bertz CT molecular complexity index is 690. The van der Waals surface area contributed by atoms with Crippen LogP contribution in [0.2, 0.25) is 0 Å². The first-order chi connectivity index (χ1) is 9.86. The maximum absolute atomic E-state index is 11.6. The Hall–Kier alpha value is -2.00. The van der Waals surface area contributed by atoms with E-state index < -0.39 is 10.0 Å². The highest BCUT2D eigenvalue weighted by molar-refractivity contribution is 7.89. The first kappa shape index (κ1) is 14.0. The van der Waals surface area contributed by atoms with Crippen molar-refractivity contribution in [2.24, 2.45) is 5.14 Å². The van der Waals surface area contributed by atoms with E-state index in [0.29, 0.717) is 31.9 Å². The van der Waals surface area contributed by atoms with Crippen molar-refractivity contribution in [3.05, 3.63) is 18.2 Å². The van der Waals surface area contributed by atoms with Gasteiger partial charge < -0.3 is 20.9 Å². The zero-order chi connectivity index (χ0) is 15.2. The number of nitrogen functional groups attached to an aromatic ring is 1. The van der Waals surface area contributed by atoms with E-state index in [2.05, 4.69) is 10.2 Å². The van der Waals surface area contributed by atoms with Gasteiger partial charge in [-0.3, -0.25) is 0 Å². The van der Waals surface area contributed by atoms with Gasteiger partial charge in [-0.25, -0.2) is 18.4 Å². The van der Waals surface area contributed by atoms with Crippen molar-refractivity contribution < 1.29 is 13.2 Å². The van der Waals surface area contributed by atoms with Crippen molar-refractivity contribution in [1.82, 2.24) is 10.2 Å². The largest absolute Gasteiger partial charge is 0.397 e. The minimum absolute atomic E-state index is 0.0000896. The van der Waals surface area contributed by atoms with Crippen molar-refractivity contribution in [2.45, 2.75) is 10.9 Å². The number of carbonyl (C=O) groups is 1. The van der Waals surface area contributed by atoms with Gasteiger partial charge in [0.15, 0.2) is 0 Å². The van der Waals surface area contributed by atoms with Crippen molar-refractivity contribution >= 4 is 27.4 Å². The molecule has 0 aliphatic carbocycles. The maximum atomic E-state index is 11.6. The fraction of sp³-hybridized carbons (Fsp3) is 0.417. The highest BCUT2D eigenvalue weighted by Gasteiger charge is 2.35. The SMILES string of the molecule is Nc1cc(S(N)(=O)=O)ccc1N1CCN2C(=O)NCC2C1. The number of carbonyl (C=O) groups excluding carboxylic acids is 1. The van der Waals surface area contributed by atoms with Crippen LogP contribution in [0.1, 0.15) is 0 Å². The number of nitrogens with two attached hydrogens (primary N) is 2. The fourth-order valence-corrected chi connectivity index (χ4v) is 3.37. The number of benzene rings is 1. The number of primary sulfonamides is 1. The summed E-state index contributed by atoms with van der Waals surface area (Å²) >= 11 is 0. The van der Waals surface area contributed by atoms with E-state index >= 15 is 0 Å². The molecule has 0 spiro atoms. The van der Waals surface area contributed by atoms with Gasteiger partial charge in [0.25, 0.3) is 0 Å². The van der Waals surface area contributed by atoms with Crippen LogP contribution in [-0.2, 0) is 10.0 Å². The lowest BCUT2D eigenvalue weighted by atomic mass is 10.1. The number of nitrogens with one attached hydrogen (secondary N) is 1. The Morgan fingerprint density at radius 2 is 2.05 bits per heavy atom. The lowest BCUT2D eigenvalue weighted by Crippen LogP contribution is -2.52. The van der Waals surface area contributed by atoms with E-state index in [4.69, 9.17) is 10.9 Å². The molecule has 1 unspecified atom stereocenters. The highest BCUT2D eigenvalue weighted by atomic mass is 32.2. The van der Waals surface area contributed by atoms with E-state index in [-0.39, 0.29) is 17.0 Å². The standard InChI is InChI=1S/C12H17N5O3S/c13-10-5-9(21(14,19)20)1-2-11(10)16-3-4-17-8(7-16)6-15-12(17)18/h1-2,5,8H,3-4,6-7,13H2,(H,15,18)(H2,14,19,20). The minimum Gasteiger partial charge on any atom is -0.397 e. The predicted molar refractivity (Wildman–Crippen MR) is 78.3 cm³/mol. The molecule has 1 atom stereocenters. The normalized spacial score (nSPS) is 22.1. The number of amides is 2. The zero-order valence-corrected chi connectivity index (χ0v) is 12.1. The Morgan fingerprint density at radius 3 is 2.71 bits per heavy atom. The molecule has 2 heterocycles. The number of fused-ring (bicyclic) bond motifs is 1. The van der Waals surface area contributed by atoms with E-state index in [1.54, 1.807) is 6.07 Å². The quantitative estimate of drug-likeness (QED) is 0.613. The van der Waals surface area contributed by atoms with E-state index in [9.17, 15) is 13.2 Å². The Kier molecular flexibility index (Phi) is 3.18. The van der Waals surface area contributed by atoms with Gasteiger partial charge in [0.05, 0.1) is 22.3 Å². The minimum atomic E-state index is -3.76. The Balaban J connectivity index is 1.84. The van der Waals surface area contributed by atoms with Crippen LogP contribution in [0.4, 0.5) is 16.2 Å². The number of piperazine rings is 1. The number of rotatable bonds is 2. The molecule has 0 bridgehead atoms. The monoisotopic (exact) mass is 311 g/mol. The zero-order valence-electron chi connectivity index (χ0n) is 11.3. The molecule has 9 heteroatoms. The van der Waals surface area contributed by atoms with Gasteiger partial charge in [0.1, 0.15) is 0 Å². The van der Waals surface area contributed by atoms with Crippen LogP contribution in [0.5, 0.6) is 0 Å². The van der Waals surface area contributed by atoms with Gasteiger partial charge in [0, 0.05) is 26.2 Å². The molecule has 0 saturated carbocycles. The molecular formula is C12H17N5O3S. The van der Waals surface area contributed by atoms with Crippen LogP contribution in [0.3, 0.4) is 0 Å². The van der Waals surface area contributed by atoms with Gasteiger partial charge in [-0.05, 0) is 18.2 Å². The number of hydrogen-bond donors (Lipinski definition) is 3. The molecule has 2 saturated heterocycles. The molecule has 0 aromatic heterocycles. The molecule has 2 fully saturated rings. The van der Waals surface area contributed by atoms with Crippen LogP contribution in [0, 0.1) is 0 Å². The number of nitrogens with zero attached hydrogens (tertiary/aromatic N) is 2. The second kappa shape index (κ2) is 4.78. The summed E-state index contributed by atoms with van der Waals surface area (Å²) in [6.07, 6.45) is 0. The molecule has 114 valence electrons. The predicted octanol–water partition coefficient (Wildman–Crippen LogP) is -0.870. The third-order valence-electron chi connectivity index (χ3n) is 3.90. The second-order valence-corrected chi connectivity index (χ2v) is 6.81. The van der Waals surface area contributed by atoms with Gasteiger partial charge in [-0.1, -0.05) is 0 Å². The highest BCUT2D eigenvalue weighted by Crippen LogP contribution is 2.28. The molecular weight excluding hydrogens is 294 g/mol. The van der Waals surface area contributed by atoms with Crippen molar-refractivity contribution in [3.8, 4) is 0 Å². The molecule has 0 radical (unpaired) electrons. The molecule has 21 heavy (non-hydrogen) atoms. The number of anilines is 2. The van der Waals surface area contributed by atoms with Gasteiger partial charge in [0.2, 0.25) is 10.0 Å². The lowest BCUT2D eigenvalue weighted by molar-refractivity contribution is 0.198. The maximum Gasteiger partial charge on any atom is 0.317 e. The molecule has 2 aliphatic rings. The summed E-state index contributed by atoms with van der Waals surface area (Å²) in [7, 11) is -3.76. The Morgan fingerprint density at radius 1 is 1.29 bits per heavy atom. The molecule has 1 aromatic carbocycles. The van der Waals surface area contributed by atoms with Crippen molar-refractivity contribution in [3.63, 3.8) is 0 Å². The van der Waals surface area contributed by atoms with Gasteiger partial charge >= 0.3 is 6.03 Å². The van der Waals surface area contributed by atoms with E-state index in [1.165, 1.54) is 12.1 Å². The summed E-state index contributed by atoms with van der Waals surface area (Å²) in [4.78, 5) is 15.4. The number of hydrogen-bond acceptors (Lipinski definition) is 5. The third-order valence-corrected chi connectivity index (χ3v) is 4.81. The van der Waals surface area contributed by atoms with Crippen LogP contribution < -0.4 is 21.1 Å². The first-order valence-corrected chi connectivity index (χ1v) is 8.12. The molecule has 3 rings (SSSR count). The third kappa shape index (κ3) is 2.49. The summed E-state index contributed by atoms with van der Waals surface area (Å²) in [5, 5.41) is 7.90. The van der Waals surface area contributed by atoms with Crippen LogP contribution in [0.25, 0.3) is 0 Å². The van der Waals surface area contributed by atoms with Crippen LogP contribution in [-0.4, -0.2) is 51.6 Å². The molecule has 5 N–H and O–H groups in total. The van der Waals surface area contributed by atoms with Gasteiger partial charge in [-0.2, -0.15) is 0 Å². The van der Waals surface area contributed by atoms with Crippen molar-refractivity contribution in [2.75, 3.05) is 36.8 Å². The summed E-state index contributed by atoms with van der Waals surface area (Å²) in [6, 6.07) is 4.57. The molecule has 2 amide bonds. The smallest absolute Gasteiger partial charge is 0.317 e. The summed E-state index contributed by atoms with van der Waals surface area (Å²) in [5.41, 5.74) is 7.09. The average molecular weight is 311 g/mol. The Labute approximate surface area is 122 Å². The summed E-state index contributed by atoms with van der Waals surface area (Å²) < 4.78 is 22.6.